The van der Waals surface area contributed by atoms with E-state index in [9.17, 15) is 4.79 Å². The minimum atomic E-state index is -0.219. The lowest BCUT2D eigenvalue weighted by Gasteiger charge is -2.04. The van der Waals surface area contributed by atoms with Gasteiger partial charge in [-0.1, -0.05) is 77.6 Å². The van der Waals surface area contributed by atoms with Gasteiger partial charge in [0.2, 0.25) is 11.7 Å². The second-order valence-corrected chi connectivity index (χ2v) is 6.81. The van der Waals surface area contributed by atoms with E-state index in [0.717, 1.165) is 12.0 Å². The Kier molecular flexibility index (Phi) is 5.15. The fraction of sp³-hybridized carbons (Fsp3) is 0.158. The number of nitrogens with one attached hydrogen (secondary N) is 1. The molecule has 0 spiro atoms. The largest absolute Gasteiger partial charge is 0.343 e. The number of hydrogen-bond acceptors (Lipinski definition) is 6. The number of aryl methyl sites for hydroxylation is 1. The maximum absolute atomic E-state index is 12.0. The van der Waals surface area contributed by atoms with Gasteiger partial charge in [0.15, 0.2) is 5.16 Å². The molecule has 0 saturated carbocycles. The molecule has 2 aromatic heterocycles. The van der Waals surface area contributed by atoms with Crippen LogP contribution in [0.5, 0.6) is 0 Å². The molecule has 0 unspecified atom stereocenters. The van der Waals surface area contributed by atoms with E-state index in [1.54, 1.807) is 4.57 Å². The summed E-state index contributed by atoms with van der Waals surface area (Å²) in [6.07, 6.45) is 0.757. The normalized spacial score (nSPS) is 11.0. The molecule has 0 atom stereocenters. The van der Waals surface area contributed by atoms with Crippen LogP contribution in [0.1, 0.15) is 11.5 Å². The molecule has 1 N–H and O–H groups in total. The van der Waals surface area contributed by atoms with Gasteiger partial charge >= 0.3 is 5.69 Å². The minimum Gasteiger partial charge on any atom is -0.338 e. The zero-order valence-corrected chi connectivity index (χ0v) is 15.2. The van der Waals surface area contributed by atoms with Crippen molar-refractivity contribution >= 4 is 11.8 Å². The van der Waals surface area contributed by atoms with E-state index in [1.807, 2.05) is 60.7 Å². The minimum absolute atomic E-state index is 0.219. The summed E-state index contributed by atoms with van der Waals surface area (Å²) in [7, 11) is 0. The van der Waals surface area contributed by atoms with Crippen LogP contribution in [0.4, 0.5) is 0 Å². The first kappa shape index (κ1) is 17.3. The maximum Gasteiger partial charge on any atom is 0.343 e. The van der Waals surface area contributed by atoms with Gasteiger partial charge in [0, 0.05) is 12.1 Å². The highest BCUT2D eigenvalue weighted by molar-refractivity contribution is 7.98. The fourth-order valence-corrected chi connectivity index (χ4v) is 3.45. The van der Waals surface area contributed by atoms with Crippen LogP contribution in [0.3, 0.4) is 0 Å². The Bertz CT molecular complexity index is 1060. The monoisotopic (exact) mass is 379 g/mol. The van der Waals surface area contributed by atoms with Gasteiger partial charge in [-0.3, -0.25) is 4.57 Å². The highest BCUT2D eigenvalue weighted by Crippen LogP contribution is 2.21. The van der Waals surface area contributed by atoms with Crippen molar-refractivity contribution in [1.29, 1.82) is 0 Å². The number of rotatable bonds is 7. The molecule has 0 amide bonds. The first-order valence-electron chi connectivity index (χ1n) is 8.49. The van der Waals surface area contributed by atoms with E-state index in [0.29, 0.717) is 29.2 Å². The lowest BCUT2D eigenvalue weighted by molar-refractivity contribution is 0.391. The highest BCUT2D eigenvalue weighted by atomic mass is 32.2. The standard InChI is InChI=1S/C19H17N5O2S/c25-18-21-22-19(24(18)12-11-14-7-3-1-4-8-14)27-13-16-20-17(23-26-16)15-9-5-2-6-10-15/h1-10H,11-13H2,(H,21,25). The molecular formula is C19H17N5O2S. The van der Waals surface area contributed by atoms with Gasteiger partial charge in [-0.15, -0.1) is 5.10 Å². The summed E-state index contributed by atoms with van der Waals surface area (Å²) in [4.78, 5) is 16.4. The van der Waals surface area contributed by atoms with Crippen LogP contribution in [0, 0.1) is 0 Å². The quantitative estimate of drug-likeness (QED) is 0.496. The summed E-state index contributed by atoms with van der Waals surface area (Å²) in [6.45, 7) is 0.556. The zero-order chi connectivity index (χ0) is 18.5. The Morgan fingerprint density at radius 2 is 1.78 bits per heavy atom. The van der Waals surface area contributed by atoms with E-state index in [2.05, 4.69) is 20.3 Å². The highest BCUT2D eigenvalue weighted by Gasteiger charge is 2.13. The van der Waals surface area contributed by atoms with Crippen molar-refractivity contribution in [3.63, 3.8) is 0 Å². The molecule has 0 radical (unpaired) electrons. The van der Waals surface area contributed by atoms with Gasteiger partial charge < -0.3 is 4.52 Å². The van der Waals surface area contributed by atoms with Gasteiger partial charge in [0.1, 0.15) is 0 Å². The van der Waals surface area contributed by atoms with Crippen LogP contribution in [0.25, 0.3) is 11.4 Å². The topological polar surface area (TPSA) is 89.6 Å². The molecule has 2 aromatic carbocycles. The summed E-state index contributed by atoms with van der Waals surface area (Å²) in [5.74, 6) is 1.48. The van der Waals surface area contributed by atoms with Crippen LogP contribution < -0.4 is 5.69 Å². The number of benzene rings is 2. The molecule has 0 saturated heterocycles. The number of aromatic nitrogens is 5. The van der Waals surface area contributed by atoms with Crippen LogP contribution in [-0.4, -0.2) is 24.9 Å². The summed E-state index contributed by atoms with van der Waals surface area (Å²) in [5, 5.41) is 11.2. The van der Waals surface area contributed by atoms with E-state index in [-0.39, 0.29) is 5.69 Å². The molecule has 27 heavy (non-hydrogen) atoms. The van der Waals surface area contributed by atoms with E-state index in [4.69, 9.17) is 4.52 Å². The summed E-state index contributed by atoms with van der Waals surface area (Å²) >= 11 is 1.39. The average Bonchev–Trinajstić information content (AvgIpc) is 3.33. The van der Waals surface area contributed by atoms with Gasteiger partial charge in [0.25, 0.3) is 0 Å². The van der Waals surface area contributed by atoms with Crippen molar-refractivity contribution in [3.05, 3.63) is 82.6 Å². The molecule has 0 aliphatic carbocycles. The van der Waals surface area contributed by atoms with Crippen LogP contribution in [0.2, 0.25) is 0 Å². The smallest absolute Gasteiger partial charge is 0.338 e. The Labute approximate surface area is 159 Å². The predicted octanol–water partition coefficient (Wildman–Crippen LogP) is 3.16. The molecule has 7 nitrogen and oxygen atoms in total. The third-order valence-electron chi connectivity index (χ3n) is 4.01. The summed E-state index contributed by atoms with van der Waals surface area (Å²) in [5.41, 5.74) is 1.85. The molecule has 2 heterocycles. The first-order chi connectivity index (χ1) is 13.3. The number of H-pyrrole nitrogens is 1. The summed E-state index contributed by atoms with van der Waals surface area (Å²) in [6, 6.07) is 19.7. The van der Waals surface area contributed by atoms with E-state index >= 15 is 0 Å². The molecule has 0 fully saturated rings. The molecule has 0 bridgehead atoms. The van der Waals surface area contributed by atoms with Crippen molar-refractivity contribution in [2.45, 2.75) is 23.9 Å². The zero-order valence-electron chi connectivity index (χ0n) is 14.4. The predicted molar refractivity (Wildman–Crippen MR) is 102 cm³/mol. The number of thioether (sulfide) groups is 1. The summed E-state index contributed by atoms with van der Waals surface area (Å²) < 4.78 is 6.94. The van der Waals surface area contributed by atoms with Crippen molar-refractivity contribution in [2.75, 3.05) is 0 Å². The molecular weight excluding hydrogens is 362 g/mol. The lowest BCUT2D eigenvalue weighted by atomic mass is 10.1. The van der Waals surface area contributed by atoms with E-state index < -0.39 is 0 Å². The lowest BCUT2D eigenvalue weighted by Crippen LogP contribution is -2.18. The molecule has 8 heteroatoms. The Morgan fingerprint density at radius 3 is 2.56 bits per heavy atom. The Morgan fingerprint density at radius 1 is 1.04 bits per heavy atom. The fourth-order valence-electron chi connectivity index (χ4n) is 2.64. The molecule has 0 aliphatic rings. The Balaban J connectivity index is 1.42. The van der Waals surface area contributed by atoms with Crippen LogP contribution in [-0.2, 0) is 18.7 Å². The molecule has 0 aliphatic heterocycles. The van der Waals surface area contributed by atoms with Crippen molar-refractivity contribution in [3.8, 4) is 11.4 Å². The molecule has 4 aromatic rings. The maximum atomic E-state index is 12.0. The van der Waals surface area contributed by atoms with Gasteiger partial charge in [-0.2, -0.15) is 4.98 Å². The second-order valence-electron chi connectivity index (χ2n) is 5.86. The number of nitrogens with zero attached hydrogens (tertiary/aromatic N) is 4. The van der Waals surface area contributed by atoms with Gasteiger partial charge in [-0.05, 0) is 12.0 Å². The third kappa shape index (κ3) is 4.17. The first-order valence-corrected chi connectivity index (χ1v) is 9.48. The molecule has 4 rings (SSSR count). The van der Waals surface area contributed by atoms with Crippen LogP contribution >= 0.6 is 11.8 Å². The van der Waals surface area contributed by atoms with Gasteiger partial charge in [-0.25, -0.2) is 9.89 Å². The number of hydrogen-bond donors (Lipinski definition) is 1. The second kappa shape index (κ2) is 8.05. The SMILES string of the molecule is O=c1[nH]nc(SCc2nc(-c3ccccc3)no2)n1CCc1ccccc1. The van der Waals surface area contributed by atoms with Gasteiger partial charge in [0.05, 0.1) is 5.75 Å². The third-order valence-corrected chi connectivity index (χ3v) is 4.98. The number of aromatic amines is 1. The van der Waals surface area contributed by atoms with E-state index in [1.165, 1.54) is 17.3 Å². The Hall–Kier alpha value is -3.13. The van der Waals surface area contributed by atoms with Crippen molar-refractivity contribution in [1.82, 2.24) is 24.9 Å². The van der Waals surface area contributed by atoms with Crippen molar-refractivity contribution in [2.24, 2.45) is 0 Å². The average molecular weight is 379 g/mol. The van der Waals surface area contributed by atoms with Crippen molar-refractivity contribution < 1.29 is 4.52 Å². The van der Waals surface area contributed by atoms with Crippen LogP contribution in [0.15, 0.2) is 75.1 Å². The molecule has 136 valence electrons.